The van der Waals surface area contributed by atoms with Gasteiger partial charge in [-0.3, -0.25) is 9.80 Å². The SMILES string of the molecule is CC1CN(CCNCc2cccs2)CC(C)N1C. The fourth-order valence-electron chi connectivity index (χ4n) is 2.56. The summed E-state index contributed by atoms with van der Waals surface area (Å²) in [5.41, 5.74) is 0. The van der Waals surface area contributed by atoms with E-state index in [0.717, 1.165) is 19.6 Å². The number of nitrogens with zero attached hydrogens (tertiary/aromatic N) is 2. The Bertz CT molecular complexity index is 327. The summed E-state index contributed by atoms with van der Waals surface area (Å²) in [6.07, 6.45) is 0. The second-order valence-corrected chi connectivity index (χ2v) is 6.41. The smallest absolute Gasteiger partial charge is 0.0300 e. The van der Waals surface area contributed by atoms with Crippen molar-refractivity contribution in [3.05, 3.63) is 22.4 Å². The minimum atomic E-state index is 0.672. The van der Waals surface area contributed by atoms with Crippen LogP contribution in [0.1, 0.15) is 18.7 Å². The summed E-state index contributed by atoms with van der Waals surface area (Å²) in [5.74, 6) is 0. The lowest BCUT2D eigenvalue weighted by Crippen LogP contribution is -2.55. The van der Waals surface area contributed by atoms with E-state index in [9.17, 15) is 0 Å². The van der Waals surface area contributed by atoms with Crippen LogP contribution in [0.4, 0.5) is 0 Å². The molecule has 2 unspecified atom stereocenters. The van der Waals surface area contributed by atoms with Crippen LogP contribution in [0.2, 0.25) is 0 Å². The van der Waals surface area contributed by atoms with Gasteiger partial charge < -0.3 is 5.32 Å². The number of nitrogens with one attached hydrogen (secondary N) is 1. The van der Waals surface area contributed by atoms with Crippen LogP contribution in [0.25, 0.3) is 0 Å². The Kier molecular flexibility index (Phi) is 5.18. The Morgan fingerprint density at radius 1 is 1.33 bits per heavy atom. The van der Waals surface area contributed by atoms with Gasteiger partial charge in [0.25, 0.3) is 0 Å². The topological polar surface area (TPSA) is 18.5 Å². The predicted molar refractivity (Wildman–Crippen MR) is 79.2 cm³/mol. The normalized spacial score (nSPS) is 26.6. The Balaban J connectivity index is 1.65. The van der Waals surface area contributed by atoms with Crippen molar-refractivity contribution in [1.29, 1.82) is 0 Å². The average Bonchev–Trinajstić information content (AvgIpc) is 2.84. The van der Waals surface area contributed by atoms with Gasteiger partial charge in [-0.1, -0.05) is 6.07 Å². The number of rotatable bonds is 5. The molecule has 1 aromatic rings. The third-order valence-corrected chi connectivity index (χ3v) is 4.80. The fourth-order valence-corrected chi connectivity index (χ4v) is 3.23. The van der Waals surface area contributed by atoms with E-state index in [1.165, 1.54) is 18.0 Å². The van der Waals surface area contributed by atoms with Gasteiger partial charge in [0.15, 0.2) is 0 Å². The summed E-state index contributed by atoms with van der Waals surface area (Å²) in [6.45, 7) is 10.3. The van der Waals surface area contributed by atoms with Crippen LogP contribution in [0.5, 0.6) is 0 Å². The first-order chi connectivity index (χ1) is 8.66. The lowest BCUT2D eigenvalue weighted by Gasteiger charge is -2.42. The highest BCUT2D eigenvalue weighted by atomic mass is 32.1. The lowest BCUT2D eigenvalue weighted by molar-refractivity contribution is 0.0607. The molecule has 3 nitrogen and oxygen atoms in total. The average molecular weight is 267 g/mol. The van der Waals surface area contributed by atoms with Crippen LogP contribution >= 0.6 is 11.3 Å². The Hall–Kier alpha value is -0.420. The van der Waals surface area contributed by atoms with Crippen LogP contribution in [-0.4, -0.2) is 55.1 Å². The zero-order chi connectivity index (χ0) is 13.0. The minimum absolute atomic E-state index is 0.672. The van der Waals surface area contributed by atoms with Crippen molar-refractivity contribution in [2.75, 3.05) is 33.2 Å². The standard InChI is InChI=1S/C14H25N3S/c1-12-10-17(11-13(2)16(12)3)7-6-15-9-14-5-4-8-18-14/h4-5,8,12-13,15H,6-7,9-11H2,1-3H3. The molecule has 1 N–H and O–H groups in total. The van der Waals surface area contributed by atoms with Crippen LogP contribution < -0.4 is 5.32 Å². The highest BCUT2D eigenvalue weighted by Gasteiger charge is 2.25. The van der Waals surface area contributed by atoms with Gasteiger partial charge in [0, 0.05) is 49.7 Å². The molecule has 0 aromatic carbocycles. The van der Waals surface area contributed by atoms with Gasteiger partial charge in [-0.2, -0.15) is 0 Å². The second-order valence-electron chi connectivity index (χ2n) is 5.38. The van der Waals surface area contributed by atoms with Crippen molar-refractivity contribution >= 4 is 11.3 Å². The van der Waals surface area contributed by atoms with E-state index in [1.807, 2.05) is 11.3 Å². The molecule has 4 heteroatoms. The van der Waals surface area contributed by atoms with Crippen LogP contribution in [0.3, 0.4) is 0 Å². The summed E-state index contributed by atoms with van der Waals surface area (Å²) in [4.78, 5) is 6.49. The molecule has 1 aromatic heterocycles. The van der Waals surface area contributed by atoms with Gasteiger partial charge in [0.05, 0.1) is 0 Å². The van der Waals surface area contributed by atoms with Gasteiger partial charge in [0.2, 0.25) is 0 Å². The molecule has 0 spiro atoms. The fraction of sp³-hybridized carbons (Fsp3) is 0.714. The van der Waals surface area contributed by atoms with E-state index in [1.54, 1.807) is 0 Å². The van der Waals surface area contributed by atoms with E-state index >= 15 is 0 Å². The van der Waals surface area contributed by atoms with Gasteiger partial charge in [0.1, 0.15) is 0 Å². The first kappa shape index (κ1) is 14.0. The summed E-state index contributed by atoms with van der Waals surface area (Å²) < 4.78 is 0. The van der Waals surface area contributed by atoms with Crippen molar-refractivity contribution in [3.63, 3.8) is 0 Å². The predicted octanol–water partition coefficient (Wildman–Crippen LogP) is 1.86. The first-order valence-electron chi connectivity index (χ1n) is 6.84. The van der Waals surface area contributed by atoms with Gasteiger partial charge in [-0.25, -0.2) is 0 Å². The monoisotopic (exact) mass is 267 g/mol. The number of likely N-dealkylation sites (N-methyl/N-ethyl adjacent to an activating group) is 1. The molecular formula is C14H25N3S. The van der Waals surface area contributed by atoms with Crippen molar-refractivity contribution in [3.8, 4) is 0 Å². The zero-order valence-electron chi connectivity index (χ0n) is 11.7. The Morgan fingerprint density at radius 3 is 2.67 bits per heavy atom. The largest absolute Gasteiger partial charge is 0.311 e. The maximum atomic E-state index is 3.53. The molecule has 0 aliphatic carbocycles. The lowest BCUT2D eigenvalue weighted by atomic mass is 10.1. The maximum Gasteiger partial charge on any atom is 0.0300 e. The van der Waals surface area contributed by atoms with E-state index in [2.05, 4.69) is 53.5 Å². The molecule has 0 radical (unpaired) electrons. The van der Waals surface area contributed by atoms with E-state index < -0.39 is 0 Å². The number of thiophene rings is 1. The third-order valence-electron chi connectivity index (χ3n) is 3.92. The molecule has 102 valence electrons. The molecule has 1 saturated heterocycles. The van der Waals surface area contributed by atoms with Crippen molar-refractivity contribution in [2.45, 2.75) is 32.5 Å². The molecule has 2 rings (SSSR count). The number of piperazine rings is 1. The van der Waals surface area contributed by atoms with Crippen molar-refractivity contribution in [2.24, 2.45) is 0 Å². The molecule has 0 saturated carbocycles. The first-order valence-corrected chi connectivity index (χ1v) is 7.72. The highest BCUT2D eigenvalue weighted by Crippen LogP contribution is 2.12. The quantitative estimate of drug-likeness (QED) is 0.822. The van der Waals surface area contributed by atoms with Crippen LogP contribution in [-0.2, 0) is 6.54 Å². The van der Waals surface area contributed by atoms with Crippen LogP contribution in [0, 0.1) is 0 Å². The maximum absolute atomic E-state index is 3.53. The van der Waals surface area contributed by atoms with Crippen molar-refractivity contribution in [1.82, 2.24) is 15.1 Å². The molecule has 2 heterocycles. The van der Waals surface area contributed by atoms with Gasteiger partial charge in [-0.05, 0) is 32.3 Å². The summed E-state index contributed by atoms with van der Waals surface area (Å²) >= 11 is 1.83. The molecule has 1 aliphatic heterocycles. The van der Waals surface area contributed by atoms with Gasteiger partial charge in [-0.15, -0.1) is 11.3 Å². The van der Waals surface area contributed by atoms with E-state index in [0.29, 0.717) is 12.1 Å². The third kappa shape index (κ3) is 3.79. The van der Waals surface area contributed by atoms with E-state index in [4.69, 9.17) is 0 Å². The van der Waals surface area contributed by atoms with Gasteiger partial charge >= 0.3 is 0 Å². The Labute approximate surface area is 115 Å². The molecule has 1 aliphatic rings. The van der Waals surface area contributed by atoms with Crippen molar-refractivity contribution < 1.29 is 0 Å². The molecule has 1 fully saturated rings. The number of hydrogen-bond acceptors (Lipinski definition) is 4. The molecular weight excluding hydrogens is 242 g/mol. The highest BCUT2D eigenvalue weighted by molar-refractivity contribution is 7.09. The molecule has 18 heavy (non-hydrogen) atoms. The number of hydrogen-bond donors (Lipinski definition) is 1. The molecule has 0 amide bonds. The van der Waals surface area contributed by atoms with E-state index in [-0.39, 0.29) is 0 Å². The Morgan fingerprint density at radius 2 is 2.06 bits per heavy atom. The van der Waals surface area contributed by atoms with Crippen LogP contribution in [0.15, 0.2) is 17.5 Å². The zero-order valence-corrected chi connectivity index (χ0v) is 12.5. The minimum Gasteiger partial charge on any atom is -0.311 e. The summed E-state index contributed by atoms with van der Waals surface area (Å²) in [5, 5.41) is 5.67. The molecule has 2 atom stereocenters. The molecule has 0 bridgehead atoms. The summed E-state index contributed by atoms with van der Waals surface area (Å²) in [6, 6.07) is 5.65. The second kappa shape index (κ2) is 6.66. The summed E-state index contributed by atoms with van der Waals surface area (Å²) in [7, 11) is 2.24.